The monoisotopic (exact) mass is 960 g/mol. The van der Waals surface area contributed by atoms with E-state index in [0.717, 1.165) is 84.2 Å². The zero-order valence-corrected chi connectivity index (χ0v) is 37.4. The fourth-order valence-corrected chi connectivity index (χ4v) is 9.69. The SMILES string of the molecule is CC(C)Cc1cc(-c2[c-]cccc2)ncc1[Si](C)(C)C.[Ir].[c-]1ccc2c(oc3ccccc32)c1-c1nc2ccccc2n1-c1c(-c2ccccc2)ccc2ccccc12. The molecular formula is C53H45IrN3OSi-2. The molecule has 7 aromatic carbocycles. The van der Waals surface area contributed by atoms with Crippen molar-refractivity contribution in [3.63, 3.8) is 0 Å². The molecule has 0 aliphatic carbocycles. The fraction of sp³-hybridized carbons (Fsp3) is 0.132. The molecule has 6 heteroatoms. The molecule has 59 heavy (non-hydrogen) atoms. The zero-order valence-electron chi connectivity index (χ0n) is 34.0. The Bertz CT molecular complexity index is 3050. The molecule has 10 aromatic rings. The molecule has 0 fully saturated rings. The van der Waals surface area contributed by atoms with E-state index in [1.807, 2.05) is 48.5 Å². The quantitative estimate of drug-likeness (QED) is 0.118. The Hall–Kier alpha value is -5.91. The number of rotatable bonds is 7. The second-order valence-electron chi connectivity index (χ2n) is 16.4. The van der Waals surface area contributed by atoms with Gasteiger partial charge in [-0.2, -0.15) is 0 Å². The number of pyridine rings is 1. The summed E-state index contributed by atoms with van der Waals surface area (Å²) in [6.45, 7) is 11.7. The Morgan fingerprint density at radius 1 is 0.695 bits per heavy atom. The van der Waals surface area contributed by atoms with Crippen LogP contribution in [-0.4, -0.2) is 22.6 Å². The molecule has 0 saturated heterocycles. The maximum Gasteiger partial charge on any atom is 0.120 e. The third-order valence-electron chi connectivity index (χ3n) is 10.7. The van der Waals surface area contributed by atoms with Gasteiger partial charge < -0.3 is 14.0 Å². The van der Waals surface area contributed by atoms with Crippen LogP contribution in [0.5, 0.6) is 0 Å². The van der Waals surface area contributed by atoms with Crippen molar-refractivity contribution in [2.24, 2.45) is 5.92 Å². The molecule has 3 aromatic heterocycles. The number of para-hydroxylation sites is 3. The topological polar surface area (TPSA) is 43.9 Å². The number of imidazole rings is 1. The summed E-state index contributed by atoms with van der Waals surface area (Å²) in [7, 11) is -1.34. The number of hydrogen-bond acceptors (Lipinski definition) is 3. The van der Waals surface area contributed by atoms with E-state index in [1.54, 1.807) is 0 Å². The number of furan rings is 1. The summed E-state index contributed by atoms with van der Waals surface area (Å²) in [6.07, 6.45) is 3.24. The van der Waals surface area contributed by atoms with E-state index >= 15 is 0 Å². The van der Waals surface area contributed by atoms with Gasteiger partial charge >= 0.3 is 0 Å². The van der Waals surface area contributed by atoms with Crippen molar-refractivity contribution in [3.05, 3.63) is 182 Å². The Balaban J connectivity index is 0.000000197. The van der Waals surface area contributed by atoms with E-state index < -0.39 is 8.07 Å². The van der Waals surface area contributed by atoms with E-state index in [2.05, 4.69) is 171 Å². The van der Waals surface area contributed by atoms with Crippen molar-refractivity contribution < 1.29 is 24.5 Å². The van der Waals surface area contributed by atoms with Gasteiger partial charge in [0.15, 0.2) is 0 Å². The van der Waals surface area contributed by atoms with E-state index in [9.17, 15) is 0 Å². The molecule has 0 amide bonds. The molecule has 0 aliphatic heterocycles. The number of fused-ring (bicyclic) bond motifs is 5. The minimum atomic E-state index is -1.34. The van der Waals surface area contributed by atoms with Crippen molar-refractivity contribution in [1.82, 2.24) is 14.5 Å². The molecule has 0 aliphatic rings. The average molecular weight is 960 g/mol. The van der Waals surface area contributed by atoms with Crippen LogP contribution in [0.1, 0.15) is 19.4 Å². The summed E-state index contributed by atoms with van der Waals surface area (Å²) < 4.78 is 8.73. The van der Waals surface area contributed by atoms with Crippen molar-refractivity contribution in [3.8, 4) is 39.5 Å². The summed E-state index contributed by atoms with van der Waals surface area (Å²) in [6, 6.07) is 61.2. The third-order valence-corrected chi connectivity index (χ3v) is 12.8. The van der Waals surface area contributed by atoms with Crippen LogP contribution < -0.4 is 5.19 Å². The fourth-order valence-electron chi connectivity index (χ4n) is 8.10. The van der Waals surface area contributed by atoms with Crippen LogP contribution >= 0.6 is 0 Å². The maximum atomic E-state index is 6.44. The van der Waals surface area contributed by atoms with E-state index in [0.29, 0.717) is 5.92 Å². The molecule has 1 radical (unpaired) electrons. The van der Waals surface area contributed by atoms with Crippen molar-refractivity contribution in [2.75, 3.05) is 0 Å². The van der Waals surface area contributed by atoms with Gasteiger partial charge in [-0.25, -0.2) is 0 Å². The predicted octanol–water partition coefficient (Wildman–Crippen LogP) is 13.5. The van der Waals surface area contributed by atoms with Gasteiger partial charge in [-0.3, -0.25) is 4.98 Å². The molecule has 0 atom stereocenters. The number of aromatic nitrogens is 3. The van der Waals surface area contributed by atoms with Gasteiger partial charge in [-0.05, 0) is 52.4 Å². The molecule has 293 valence electrons. The Morgan fingerprint density at radius 2 is 1.42 bits per heavy atom. The molecular weight excluding hydrogens is 915 g/mol. The molecule has 0 saturated carbocycles. The zero-order chi connectivity index (χ0) is 39.8. The molecule has 4 nitrogen and oxygen atoms in total. The van der Waals surface area contributed by atoms with E-state index in [-0.39, 0.29) is 20.1 Å². The van der Waals surface area contributed by atoms with Crippen molar-refractivity contribution in [1.29, 1.82) is 0 Å². The van der Waals surface area contributed by atoms with Gasteiger partial charge in [-0.15, -0.1) is 54.1 Å². The second-order valence-corrected chi connectivity index (χ2v) is 21.4. The molecule has 0 spiro atoms. The molecule has 0 N–H and O–H groups in total. The summed E-state index contributed by atoms with van der Waals surface area (Å²) in [5, 5.41) is 5.99. The van der Waals surface area contributed by atoms with Gasteiger partial charge in [0, 0.05) is 42.6 Å². The molecule has 0 bridgehead atoms. The third kappa shape index (κ3) is 7.84. The van der Waals surface area contributed by atoms with Crippen LogP contribution in [0.2, 0.25) is 19.6 Å². The van der Waals surface area contributed by atoms with Gasteiger partial charge in [0.25, 0.3) is 0 Å². The molecule has 3 heterocycles. The summed E-state index contributed by atoms with van der Waals surface area (Å²) >= 11 is 0. The van der Waals surface area contributed by atoms with E-state index in [4.69, 9.17) is 9.40 Å². The van der Waals surface area contributed by atoms with Crippen LogP contribution in [0.3, 0.4) is 0 Å². The van der Waals surface area contributed by atoms with Crippen LogP contribution in [0, 0.1) is 18.1 Å². The van der Waals surface area contributed by atoms with Crippen LogP contribution in [-0.2, 0) is 26.5 Å². The predicted molar refractivity (Wildman–Crippen MR) is 246 cm³/mol. The minimum absolute atomic E-state index is 0. The molecule has 0 unspecified atom stereocenters. The summed E-state index contributed by atoms with van der Waals surface area (Å²) in [5.41, 5.74) is 11.5. The van der Waals surface area contributed by atoms with E-state index in [1.165, 1.54) is 16.1 Å². The van der Waals surface area contributed by atoms with Gasteiger partial charge in [0.05, 0.1) is 36.2 Å². The summed E-state index contributed by atoms with van der Waals surface area (Å²) in [5.74, 6) is 1.48. The smallest absolute Gasteiger partial charge is 0.120 e. The van der Waals surface area contributed by atoms with Gasteiger partial charge in [-0.1, -0.05) is 153 Å². The minimum Gasteiger partial charge on any atom is -0.501 e. The van der Waals surface area contributed by atoms with Crippen LogP contribution in [0.4, 0.5) is 0 Å². The molecule has 10 rings (SSSR count). The van der Waals surface area contributed by atoms with Gasteiger partial charge in [0.2, 0.25) is 0 Å². The largest absolute Gasteiger partial charge is 0.501 e. The van der Waals surface area contributed by atoms with Crippen LogP contribution in [0.25, 0.3) is 83.2 Å². The maximum absolute atomic E-state index is 6.44. The first-order valence-electron chi connectivity index (χ1n) is 20.1. The van der Waals surface area contributed by atoms with Gasteiger partial charge in [0.1, 0.15) is 5.58 Å². The summed E-state index contributed by atoms with van der Waals surface area (Å²) in [4.78, 5) is 9.88. The average Bonchev–Trinajstić information content (AvgIpc) is 3.82. The Morgan fingerprint density at radius 3 is 2.20 bits per heavy atom. The first-order chi connectivity index (χ1) is 28.2. The van der Waals surface area contributed by atoms with Crippen molar-refractivity contribution in [2.45, 2.75) is 39.9 Å². The van der Waals surface area contributed by atoms with Crippen molar-refractivity contribution >= 4 is 57.0 Å². The second kappa shape index (κ2) is 16.7. The number of benzene rings is 7. The Kier molecular flexibility index (Phi) is 11.3. The number of nitrogens with zero attached hydrogens (tertiary/aromatic N) is 3. The first kappa shape index (κ1) is 39.9. The number of hydrogen-bond donors (Lipinski definition) is 0. The first-order valence-corrected chi connectivity index (χ1v) is 23.6. The standard InChI is InChI=1S/C35H21N2O.C18H24NSi.Ir/c1-2-11-23(12-3-1)26-22-21-24-13-4-5-14-25(24)33(26)37-31-19-8-7-18-30(31)36-35(37)29-17-10-16-28-27-15-6-9-20-32(27)38-34(28)29;1-14(2)11-16-12-17(15-9-7-6-8-10-15)19-13-18(16)20(3,4)5;/h1-16,18-22H;6-9,12-14H,11H2,1-5H3;/q2*-1;. The Labute approximate surface area is 361 Å². The normalized spacial score (nSPS) is 11.6. The van der Waals surface area contributed by atoms with Crippen LogP contribution in [0.15, 0.2) is 168 Å².